The minimum atomic E-state index is -4.71. The summed E-state index contributed by atoms with van der Waals surface area (Å²) in [6.07, 6.45) is -8.11. The van der Waals surface area contributed by atoms with Crippen LogP contribution in [0.3, 0.4) is 0 Å². The molecule has 4 rings (SSSR count). The molecule has 4 N–H and O–H groups in total. The van der Waals surface area contributed by atoms with Crippen LogP contribution in [-0.2, 0) is 6.18 Å². The predicted octanol–water partition coefficient (Wildman–Crippen LogP) is 4.94. The van der Waals surface area contributed by atoms with Gasteiger partial charge in [0, 0.05) is 11.6 Å². The second-order valence-electron chi connectivity index (χ2n) is 7.61. The van der Waals surface area contributed by atoms with Crippen LogP contribution in [0.25, 0.3) is 16.7 Å². The van der Waals surface area contributed by atoms with Crippen molar-refractivity contribution in [2.75, 3.05) is 5.32 Å². The molecule has 0 saturated carbocycles. The van der Waals surface area contributed by atoms with Crippen molar-refractivity contribution in [2.45, 2.75) is 25.8 Å². The second kappa shape index (κ2) is 9.32. The highest BCUT2D eigenvalue weighted by molar-refractivity contribution is 6.32. The third kappa shape index (κ3) is 4.66. The van der Waals surface area contributed by atoms with Crippen molar-refractivity contribution in [1.82, 2.24) is 19.7 Å². The lowest BCUT2D eigenvalue weighted by Gasteiger charge is -2.20. The van der Waals surface area contributed by atoms with Crippen LogP contribution in [0.4, 0.5) is 27.6 Å². The normalized spacial score (nSPS) is 12.8. The number of aryl methyl sites for hydroxylation is 1. The number of amides is 1. The number of alkyl halides is 5. The van der Waals surface area contributed by atoms with Gasteiger partial charge in [0.2, 0.25) is 0 Å². The zero-order valence-corrected chi connectivity index (χ0v) is 18.9. The van der Waals surface area contributed by atoms with E-state index in [0.29, 0.717) is 0 Å². The Bertz CT molecular complexity index is 1470. The Balaban J connectivity index is 1.83. The van der Waals surface area contributed by atoms with Crippen molar-refractivity contribution < 1.29 is 31.9 Å². The molecule has 4 aromatic rings. The van der Waals surface area contributed by atoms with E-state index in [1.54, 1.807) is 0 Å². The van der Waals surface area contributed by atoms with Gasteiger partial charge in [0.1, 0.15) is 11.4 Å². The number of aliphatic hydroxyl groups excluding tert-OH is 1. The van der Waals surface area contributed by atoms with Gasteiger partial charge in [-0.05, 0) is 42.8 Å². The number of pyridine rings is 2. The molecule has 0 fully saturated rings. The second-order valence-corrected chi connectivity index (χ2v) is 8.02. The first-order valence-corrected chi connectivity index (χ1v) is 10.5. The SMILES string of the molecule is Cc1c(NC(O)c2cc(C(F)F)nn2-c2ncccc2Cl)c(C(N)=O)cc2nc(C(F)(F)F)ccc12. The summed E-state index contributed by atoms with van der Waals surface area (Å²) in [7, 11) is 0. The monoisotopic (exact) mass is 526 g/mol. The highest BCUT2D eigenvalue weighted by atomic mass is 35.5. The molecule has 0 bridgehead atoms. The van der Waals surface area contributed by atoms with Crippen molar-refractivity contribution in [3.63, 3.8) is 0 Å². The van der Waals surface area contributed by atoms with E-state index in [1.807, 2.05) is 0 Å². The summed E-state index contributed by atoms with van der Waals surface area (Å²) >= 11 is 6.13. The number of nitrogens with two attached hydrogens (primary N) is 1. The predicted molar refractivity (Wildman–Crippen MR) is 120 cm³/mol. The van der Waals surface area contributed by atoms with Crippen LogP contribution >= 0.6 is 11.6 Å². The molecule has 0 spiro atoms. The van der Waals surface area contributed by atoms with Gasteiger partial charge in [-0.25, -0.2) is 23.4 Å². The van der Waals surface area contributed by atoms with E-state index in [1.165, 1.54) is 25.3 Å². The highest BCUT2D eigenvalue weighted by Crippen LogP contribution is 2.35. The Morgan fingerprint density at radius 2 is 1.94 bits per heavy atom. The first-order valence-electron chi connectivity index (χ1n) is 10.1. The van der Waals surface area contributed by atoms with Gasteiger partial charge in [-0.15, -0.1) is 0 Å². The van der Waals surface area contributed by atoms with E-state index >= 15 is 0 Å². The Kier molecular flexibility index (Phi) is 6.54. The molecule has 1 aromatic carbocycles. The fourth-order valence-electron chi connectivity index (χ4n) is 3.62. The number of benzene rings is 1. The maximum Gasteiger partial charge on any atom is 0.433 e. The number of hydrogen-bond acceptors (Lipinski definition) is 6. The smallest absolute Gasteiger partial charge is 0.368 e. The van der Waals surface area contributed by atoms with E-state index in [4.69, 9.17) is 17.3 Å². The van der Waals surface area contributed by atoms with Crippen LogP contribution in [0.1, 0.15) is 45.7 Å². The number of carbonyl (C=O) groups excluding carboxylic acids is 1. The van der Waals surface area contributed by atoms with Crippen LogP contribution < -0.4 is 11.1 Å². The largest absolute Gasteiger partial charge is 0.433 e. The van der Waals surface area contributed by atoms with Gasteiger partial charge < -0.3 is 16.2 Å². The minimum absolute atomic E-state index is 0.0393. The number of fused-ring (bicyclic) bond motifs is 1. The van der Waals surface area contributed by atoms with Crippen molar-refractivity contribution in [3.05, 3.63) is 75.8 Å². The van der Waals surface area contributed by atoms with Crippen LogP contribution in [0.15, 0.2) is 42.6 Å². The molecule has 188 valence electrons. The van der Waals surface area contributed by atoms with Crippen LogP contribution in [0.2, 0.25) is 5.02 Å². The number of anilines is 1. The van der Waals surface area contributed by atoms with Crippen molar-refractivity contribution >= 4 is 34.1 Å². The van der Waals surface area contributed by atoms with Gasteiger partial charge in [0.05, 0.1) is 27.5 Å². The van der Waals surface area contributed by atoms with Gasteiger partial charge in [0.15, 0.2) is 12.0 Å². The first kappa shape index (κ1) is 25.3. The van der Waals surface area contributed by atoms with Crippen LogP contribution in [0, 0.1) is 6.92 Å². The molecular formula is C22H16ClF5N6O2. The Morgan fingerprint density at radius 1 is 1.22 bits per heavy atom. The van der Waals surface area contributed by atoms with Crippen molar-refractivity contribution in [2.24, 2.45) is 5.73 Å². The Morgan fingerprint density at radius 3 is 2.56 bits per heavy atom. The number of hydrogen-bond donors (Lipinski definition) is 3. The maximum absolute atomic E-state index is 13.4. The molecule has 0 aliphatic rings. The van der Waals surface area contributed by atoms with Crippen LogP contribution in [0.5, 0.6) is 0 Å². The lowest BCUT2D eigenvalue weighted by atomic mass is 10.0. The zero-order valence-electron chi connectivity index (χ0n) is 18.2. The van der Waals surface area contributed by atoms with E-state index in [2.05, 4.69) is 20.4 Å². The van der Waals surface area contributed by atoms with E-state index in [0.717, 1.165) is 28.9 Å². The first-order chi connectivity index (χ1) is 16.9. The van der Waals surface area contributed by atoms with Crippen molar-refractivity contribution in [3.8, 4) is 5.82 Å². The molecule has 3 heterocycles. The molecule has 36 heavy (non-hydrogen) atoms. The molecule has 1 amide bonds. The third-order valence-electron chi connectivity index (χ3n) is 5.29. The number of halogens is 6. The highest BCUT2D eigenvalue weighted by Gasteiger charge is 2.33. The molecule has 0 aliphatic carbocycles. The standard InChI is InChI=1S/C22H16ClF5N6O2/c1-9-10-4-5-16(22(26,27)28)31-13(10)7-11(19(29)35)17(9)32-21(36)15-8-14(18(24)25)33-34(15)20-12(23)3-2-6-30-20/h2-8,18,21,32,36H,1H3,(H2,29,35). The summed E-state index contributed by atoms with van der Waals surface area (Å²) in [4.78, 5) is 19.7. The van der Waals surface area contributed by atoms with E-state index in [-0.39, 0.29) is 44.3 Å². The minimum Gasteiger partial charge on any atom is -0.368 e. The Labute approximate surface area is 204 Å². The molecule has 0 radical (unpaired) electrons. The molecule has 1 unspecified atom stereocenters. The van der Waals surface area contributed by atoms with E-state index in [9.17, 15) is 31.9 Å². The van der Waals surface area contributed by atoms with E-state index < -0.39 is 36.1 Å². The summed E-state index contributed by atoms with van der Waals surface area (Å²) in [6, 6.07) is 6.85. The molecular weight excluding hydrogens is 511 g/mol. The summed E-state index contributed by atoms with van der Waals surface area (Å²) < 4.78 is 67.1. The summed E-state index contributed by atoms with van der Waals surface area (Å²) in [5.41, 5.74) is 3.16. The number of aromatic nitrogens is 4. The quantitative estimate of drug-likeness (QED) is 0.242. The molecule has 14 heteroatoms. The molecule has 0 saturated heterocycles. The molecule has 0 aliphatic heterocycles. The molecule has 3 aromatic heterocycles. The van der Waals surface area contributed by atoms with Gasteiger partial charge >= 0.3 is 6.18 Å². The van der Waals surface area contributed by atoms with Crippen LogP contribution in [-0.4, -0.2) is 30.8 Å². The molecule has 8 nitrogen and oxygen atoms in total. The van der Waals surface area contributed by atoms with Crippen molar-refractivity contribution in [1.29, 1.82) is 0 Å². The fourth-order valence-corrected chi connectivity index (χ4v) is 3.82. The summed E-state index contributed by atoms with van der Waals surface area (Å²) in [5, 5.41) is 17.6. The topological polar surface area (TPSA) is 119 Å². The average Bonchev–Trinajstić information content (AvgIpc) is 3.25. The van der Waals surface area contributed by atoms with Gasteiger partial charge in [0.25, 0.3) is 12.3 Å². The fraction of sp³-hybridized carbons (Fsp3) is 0.182. The number of nitrogens with one attached hydrogen (secondary N) is 1. The summed E-state index contributed by atoms with van der Waals surface area (Å²) in [6.45, 7) is 1.47. The number of nitrogens with zero attached hydrogens (tertiary/aromatic N) is 4. The number of primary amides is 1. The third-order valence-corrected chi connectivity index (χ3v) is 5.59. The lowest BCUT2D eigenvalue weighted by molar-refractivity contribution is -0.140. The maximum atomic E-state index is 13.4. The number of aliphatic hydroxyl groups is 1. The van der Waals surface area contributed by atoms with Gasteiger partial charge in [-0.1, -0.05) is 17.7 Å². The molecule has 1 atom stereocenters. The van der Waals surface area contributed by atoms with Gasteiger partial charge in [-0.3, -0.25) is 4.79 Å². The average molecular weight is 527 g/mol. The number of rotatable bonds is 6. The summed E-state index contributed by atoms with van der Waals surface area (Å²) in [5.74, 6) is -1.07. The lowest BCUT2D eigenvalue weighted by Crippen LogP contribution is -2.20. The Hall–Kier alpha value is -3.84. The number of carbonyl (C=O) groups is 1. The van der Waals surface area contributed by atoms with Gasteiger partial charge in [-0.2, -0.15) is 18.3 Å². The zero-order chi connectivity index (χ0) is 26.4.